The Morgan fingerprint density at radius 3 is 2.71 bits per heavy atom. The van der Waals surface area contributed by atoms with Gasteiger partial charge < -0.3 is 15.2 Å². The van der Waals surface area contributed by atoms with Crippen LogP contribution in [0, 0.1) is 11.6 Å². The number of rotatable bonds is 6. The van der Waals surface area contributed by atoms with Gasteiger partial charge in [-0.3, -0.25) is 0 Å². The van der Waals surface area contributed by atoms with E-state index >= 15 is 0 Å². The molecule has 0 aliphatic rings. The van der Waals surface area contributed by atoms with Crippen molar-refractivity contribution in [3.63, 3.8) is 0 Å². The van der Waals surface area contributed by atoms with Crippen molar-refractivity contribution in [3.8, 4) is 5.88 Å². The van der Waals surface area contributed by atoms with Crippen LogP contribution in [0.25, 0.3) is 0 Å². The highest BCUT2D eigenvalue weighted by Crippen LogP contribution is 2.17. The van der Waals surface area contributed by atoms with Gasteiger partial charge in [0.25, 0.3) is 0 Å². The first-order valence-corrected chi connectivity index (χ1v) is 6.43. The van der Waals surface area contributed by atoms with Crippen LogP contribution in [0.3, 0.4) is 0 Å². The van der Waals surface area contributed by atoms with Gasteiger partial charge >= 0.3 is 0 Å². The largest absolute Gasteiger partial charge is 0.481 e. The van der Waals surface area contributed by atoms with Gasteiger partial charge in [0.15, 0.2) is 0 Å². The molecule has 2 rings (SSSR count). The summed E-state index contributed by atoms with van der Waals surface area (Å²) >= 11 is 0. The van der Waals surface area contributed by atoms with Crippen LogP contribution in [0.5, 0.6) is 5.88 Å². The number of ether oxygens (including phenoxy) is 1. The molecule has 112 valence electrons. The van der Waals surface area contributed by atoms with Gasteiger partial charge in [0.1, 0.15) is 11.6 Å². The van der Waals surface area contributed by atoms with E-state index in [9.17, 15) is 13.9 Å². The number of halogens is 2. The van der Waals surface area contributed by atoms with Gasteiger partial charge in [-0.2, -0.15) is 0 Å². The lowest BCUT2D eigenvalue weighted by Crippen LogP contribution is -2.21. The van der Waals surface area contributed by atoms with Crippen LogP contribution >= 0.6 is 0 Å². The molecule has 0 radical (unpaired) electrons. The van der Waals surface area contributed by atoms with Crippen LogP contribution in [0.4, 0.5) is 8.78 Å². The highest BCUT2D eigenvalue weighted by Gasteiger charge is 2.13. The maximum Gasteiger partial charge on any atom is 0.212 e. The van der Waals surface area contributed by atoms with Crippen molar-refractivity contribution in [3.05, 3.63) is 59.3 Å². The zero-order chi connectivity index (χ0) is 15.2. The van der Waals surface area contributed by atoms with Gasteiger partial charge in [0, 0.05) is 37.0 Å². The molecule has 1 unspecified atom stereocenters. The maximum atomic E-state index is 13.5. The van der Waals surface area contributed by atoms with Crippen molar-refractivity contribution in [1.29, 1.82) is 0 Å². The first-order chi connectivity index (χ1) is 10.1. The number of nitrogens with zero attached hydrogens (tertiary/aromatic N) is 1. The van der Waals surface area contributed by atoms with Gasteiger partial charge in [-0.25, -0.2) is 13.8 Å². The molecule has 2 N–H and O–H groups in total. The summed E-state index contributed by atoms with van der Waals surface area (Å²) in [5, 5.41) is 12.9. The summed E-state index contributed by atoms with van der Waals surface area (Å²) in [5.41, 5.74) is 0.972. The van der Waals surface area contributed by atoms with Crippen molar-refractivity contribution >= 4 is 0 Å². The van der Waals surface area contributed by atoms with Crippen molar-refractivity contribution in [2.75, 3.05) is 13.7 Å². The van der Waals surface area contributed by atoms with Gasteiger partial charge in [-0.05, 0) is 11.6 Å². The first kappa shape index (κ1) is 15.3. The summed E-state index contributed by atoms with van der Waals surface area (Å²) in [6.45, 7) is 0.617. The van der Waals surface area contributed by atoms with Crippen molar-refractivity contribution < 1.29 is 18.6 Å². The molecule has 0 saturated carbocycles. The molecule has 0 bridgehead atoms. The smallest absolute Gasteiger partial charge is 0.212 e. The van der Waals surface area contributed by atoms with Crippen LogP contribution in [-0.4, -0.2) is 23.7 Å². The number of aliphatic hydroxyl groups excluding tert-OH is 1. The zero-order valence-electron chi connectivity index (χ0n) is 11.5. The van der Waals surface area contributed by atoms with E-state index in [-0.39, 0.29) is 12.1 Å². The van der Waals surface area contributed by atoms with Crippen LogP contribution < -0.4 is 10.1 Å². The minimum Gasteiger partial charge on any atom is -0.481 e. The number of methoxy groups -OCH3 is 1. The lowest BCUT2D eigenvalue weighted by molar-refractivity contribution is 0.169. The second-order valence-corrected chi connectivity index (χ2v) is 4.52. The van der Waals surface area contributed by atoms with Crippen LogP contribution in [0.2, 0.25) is 0 Å². The number of benzene rings is 1. The summed E-state index contributed by atoms with van der Waals surface area (Å²) in [5.74, 6) is -0.900. The Bertz CT molecular complexity index is 591. The predicted molar refractivity (Wildman–Crippen MR) is 73.8 cm³/mol. The lowest BCUT2D eigenvalue weighted by atomic mass is 10.1. The summed E-state index contributed by atoms with van der Waals surface area (Å²) in [7, 11) is 1.54. The first-order valence-electron chi connectivity index (χ1n) is 6.43. The molecule has 0 spiro atoms. The molecule has 0 aliphatic heterocycles. The minimum atomic E-state index is -1.04. The molecule has 1 aromatic heterocycles. The van der Waals surface area contributed by atoms with E-state index < -0.39 is 17.7 Å². The number of hydrogen-bond donors (Lipinski definition) is 2. The number of aliphatic hydroxyl groups is 1. The average Bonchev–Trinajstić information content (AvgIpc) is 2.47. The number of nitrogens with one attached hydrogen (secondary N) is 1. The Hall–Kier alpha value is -2.05. The third-order valence-electron chi connectivity index (χ3n) is 3.00. The van der Waals surface area contributed by atoms with Crippen LogP contribution in [0.15, 0.2) is 36.5 Å². The van der Waals surface area contributed by atoms with Gasteiger partial charge in [0.05, 0.1) is 13.2 Å². The molecular weight excluding hydrogens is 278 g/mol. The summed E-state index contributed by atoms with van der Waals surface area (Å²) in [4.78, 5) is 4.05. The molecule has 0 aliphatic carbocycles. The number of aromatic nitrogens is 1. The monoisotopic (exact) mass is 294 g/mol. The van der Waals surface area contributed by atoms with E-state index in [0.717, 1.165) is 17.7 Å². The number of pyridine rings is 1. The zero-order valence-corrected chi connectivity index (χ0v) is 11.5. The molecule has 0 amide bonds. The van der Waals surface area contributed by atoms with E-state index in [0.29, 0.717) is 12.4 Å². The van der Waals surface area contributed by atoms with E-state index in [1.807, 2.05) is 6.07 Å². The standard InChI is InChI=1S/C15H16F2N2O2/c1-21-15-5-2-10(8-19-15)7-18-9-14(20)12-4-3-11(16)6-13(12)17/h2-6,8,14,18,20H,7,9H2,1H3. The fraction of sp³-hybridized carbons (Fsp3) is 0.267. The summed E-state index contributed by atoms with van der Waals surface area (Å²) < 4.78 is 31.2. The second kappa shape index (κ2) is 7.10. The van der Waals surface area contributed by atoms with Gasteiger partial charge in [-0.15, -0.1) is 0 Å². The molecular formula is C15H16F2N2O2. The molecule has 1 atom stereocenters. The SMILES string of the molecule is COc1ccc(CNCC(O)c2ccc(F)cc2F)cn1. The second-order valence-electron chi connectivity index (χ2n) is 4.52. The maximum absolute atomic E-state index is 13.5. The van der Waals surface area contributed by atoms with E-state index in [2.05, 4.69) is 10.3 Å². The molecule has 4 nitrogen and oxygen atoms in total. The Morgan fingerprint density at radius 2 is 2.10 bits per heavy atom. The normalized spacial score (nSPS) is 12.2. The van der Waals surface area contributed by atoms with Crippen LogP contribution in [0.1, 0.15) is 17.2 Å². The van der Waals surface area contributed by atoms with E-state index in [1.165, 1.54) is 13.2 Å². The molecule has 0 fully saturated rings. The predicted octanol–water partition coefficient (Wildman–Crippen LogP) is 2.19. The van der Waals surface area contributed by atoms with Crippen molar-refractivity contribution in [2.45, 2.75) is 12.6 Å². The van der Waals surface area contributed by atoms with Crippen LogP contribution in [-0.2, 0) is 6.54 Å². The Morgan fingerprint density at radius 1 is 1.29 bits per heavy atom. The quantitative estimate of drug-likeness (QED) is 0.857. The fourth-order valence-electron chi connectivity index (χ4n) is 1.87. The molecule has 1 heterocycles. The van der Waals surface area contributed by atoms with Crippen molar-refractivity contribution in [2.24, 2.45) is 0 Å². The van der Waals surface area contributed by atoms with Gasteiger partial charge in [0.2, 0.25) is 5.88 Å². The highest BCUT2D eigenvalue weighted by molar-refractivity contribution is 5.21. The van der Waals surface area contributed by atoms with Gasteiger partial charge in [-0.1, -0.05) is 12.1 Å². The Balaban J connectivity index is 1.87. The average molecular weight is 294 g/mol. The molecule has 0 saturated heterocycles. The van der Waals surface area contributed by atoms with Crippen molar-refractivity contribution in [1.82, 2.24) is 10.3 Å². The Labute approximate surface area is 121 Å². The molecule has 6 heteroatoms. The topological polar surface area (TPSA) is 54.4 Å². The lowest BCUT2D eigenvalue weighted by Gasteiger charge is -2.13. The summed E-state index contributed by atoms with van der Waals surface area (Å²) in [6, 6.07) is 6.68. The minimum absolute atomic E-state index is 0.0664. The summed E-state index contributed by atoms with van der Waals surface area (Å²) in [6.07, 6.45) is 0.605. The third-order valence-corrected chi connectivity index (χ3v) is 3.00. The third kappa shape index (κ3) is 4.21. The molecule has 21 heavy (non-hydrogen) atoms. The highest BCUT2D eigenvalue weighted by atomic mass is 19.1. The van der Waals surface area contributed by atoms with E-state index in [1.54, 1.807) is 12.3 Å². The fourth-order valence-corrected chi connectivity index (χ4v) is 1.87. The number of hydrogen-bond acceptors (Lipinski definition) is 4. The Kier molecular flexibility index (Phi) is 5.19. The van der Waals surface area contributed by atoms with E-state index in [4.69, 9.17) is 4.74 Å². The molecule has 1 aromatic carbocycles. The molecule has 2 aromatic rings.